The van der Waals surface area contributed by atoms with E-state index in [1.807, 2.05) is 21.4 Å². The molecule has 144 valence electrons. The van der Waals surface area contributed by atoms with Crippen molar-refractivity contribution in [3.63, 3.8) is 0 Å². The van der Waals surface area contributed by atoms with Crippen LogP contribution in [0.1, 0.15) is 41.0 Å². The normalized spacial score (nSPS) is 16.5. The lowest BCUT2D eigenvalue weighted by Gasteiger charge is -2.13. The fourth-order valence-corrected chi connectivity index (χ4v) is 3.55. The summed E-state index contributed by atoms with van der Waals surface area (Å²) in [5.41, 5.74) is 2.33. The highest BCUT2D eigenvalue weighted by molar-refractivity contribution is 5.94. The van der Waals surface area contributed by atoms with E-state index in [2.05, 4.69) is 20.5 Å². The molecule has 1 aliphatic heterocycles. The van der Waals surface area contributed by atoms with Gasteiger partial charge in [0.1, 0.15) is 5.82 Å². The highest BCUT2D eigenvalue weighted by Crippen LogP contribution is 2.26. The number of carbonyl (C=O) groups is 2. The zero-order valence-electron chi connectivity index (χ0n) is 15.7. The molecule has 0 saturated carbocycles. The van der Waals surface area contributed by atoms with Gasteiger partial charge >= 0.3 is 0 Å². The molecule has 2 amide bonds. The number of rotatable bonds is 5. The molecule has 1 saturated heterocycles. The van der Waals surface area contributed by atoms with Crippen LogP contribution >= 0.6 is 0 Å². The molecule has 0 radical (unpaired) electrons. The van der Waals surface area contributed by atoms with E-state index in [1.54, 1.807) is 37.6 Å². The molecule has 28 heavy (non-hydrogen) atoms. The average Bonchev–Trinajstić information content (AvgIpc) is 3.35. The monoisotopic (exact) mass is 378 g/mol. The van der Waals surface area contributed by atoms with Gasteiger partial charge in [-0.2, -0.15) is 0 Å². The molecule has 4 heterocycles. The Labute approximate surface area is 162 Å². The van der Waals surface area contributed by atoms with Crippen molar-refractivity contribution in [1.82, 2.24) is 29.8 Å². The molecule has 1 N–H and O–H groups in total. The van der Waals surface area contributed by atoms with E-state index in [-0.39, 0.29) is 17.7 Å². The largest absolute Gasteiger partial charge is 0.352 e. The van der Waals surface area contributed by atoms with Crippen LogP contribution in [-0.2, 0) is 11.2 Å². The van der Waals surface area contributed by atoms with Gasteiger partial charge in [-0.3, -0.25) is 19.0 Å². The molecule has 4 rings (SSSR count). The molecular weight excluding hydrogens is 356 g/mol. The van der Waals surface area contributed by atoms with Crippen molar-refractivity contribution >= 4 is 17.5 Å². The number of aromatic nitrogens is 4. The third kappa shape index (κ3) is 3.71. The van der Waals surface area contributed by atoms with Crippen LogP contribution < -0.4 is 5.32 Å². The Morgan fingerprint density at radius 3 is 2.89 bits per heavy atom. The van der Waals surface area contributed by atoms with E-state index in [4.69, 9.17) is 0 Å². The zero-order chi connectivity index (χ0) is 19.5. The van der Waals surface area contributed by atoms with E-state index in [0.29, 0.717) is 24.3 Å². The van der Waals surface area contributed by atoms with Gasteiger partial charge in [-0.05, 0) is 36.6 Å². The van der Waals surface area contributed by atoms with Crippen molar-refractivity contribution < 1.29 is 9.59 Å². The summed E-state index contributed by atoms with van der Waals surface area (Å²) in [6.45, 7) is 3.48. The molecule has 0 aromatic carbocycles. The Hall–Kier alpha value is -3.29. The third-order valence-electron chi connectivity index (χ3n) is 5.11. The van der Waals surface area contributed by atoms with Gasteiger partial charge in [0.2, 0.25) is 5.91 Å². The van der Waals surface area contributed by atoms with Gasteiger partial charge in [0.15, 0.2) is 5.65 Å². The van der Waals surface area contributed by atoms with Crippen LogP contribution in [0.5, 0.6) is 0 Å². The molecule has 1 atom stereocenters. The molecule has 3 aromatic rings. The number of fused-ring (bicyclic) bond motifs is 1. The Morgan fingerprint density at radius 2 is 2.14 bits per heavy atom. The summed E-state index contributed by atoms with van der Waals surface area (Å²) >= 11 is 0. The lowest BCUT2D eigenvalue weighted by atomic mass is 10.1. The first-order valence-corrected chi connectivity index (χ1v) is 9.39. The van der Waals surface area contributed by atoms with Crippen LogP contribution in [0.2, 0.25) is 0 Å². The fourth-order valence-electron chi connectivity index (χ4n) is 3.55. The van der Waals surface area contributed by atoms with Gasteiger partial charge in [0, 0.05) is 51.1 Å². The summed E-state index contributed by atoms with van der Waals surface area (Å²) in [5, 5.41) is 11.5. The molecule has 1 aliphatic rings. The van der Waals surface area contributed by atoms with Gasteiger partial charge in [-0.15, -0.1) is 10.2 Å². The minimum atomic E-state index is -0.137. The highest BCUT2D eigenvalue weighted by atomic mass is 16.2. The SMILES string of the molecule is CC(=O)N1CCC(c2nnc3ccc(C(=O)NCCc4cccnc4)cn23)C1. The van der Waals surface area contributed by atoms with E-state index >= 15 is 0 Å². The van der Waals surface area contributed by atoms with Crippen LogP contribution in [0.4, 0.5) is 0 Å². The molecule has 8 nitrogen and oxygen atoms in total. The van der Waals surface area contributed by atoms with Gasteiger partial charge in [-0.1, -0.05) is 6.07 Å². The number of hydrogen-bond donors (Lipinski definition) is 1. The quantitative estimate of drug-likeness (QED) is 0.725. The van der Waals surface area contributed by atoms with Gasteiger partial charge in [-0.25, -0.2) is 0 Å². The molecule has 0 bridgehead atoms. The fraction of sp³-hybridized carbons (Fsp3) is 0.350. The summed E-state index contributed by atoms with van der Waals surface area (Å²) in [7, 11) is 0. The lowest BCUT2D eigenvalue weighted by Crippen LogP contribution is -2.26. The summed E-state index contributed by atoms with van der Waals surface area (Å²) < 4.78 is 1.87. The maximum absolute atomic E-state index is 12.5. The predicted octanol–water partition coefficient (Wildman–Crippen LogP) is 1.43. The number of carbonyl (C=O) groups excluding carboxylic acids is 2. The van der Waals surface area contributed by atoms with Gasteiger partial charge in [0.25, 0.3) is 5.91 Å². The van der Waals surface area contributed by atoms with E-state index in [1.165, 1.54) is 0 Å². The van der Waals surface area contributed by atoms with Crippen LogP contribution in [0.25, 0.3) is 5.65 Å². The first-order valence-electron chi connectivity index (χ1n) is 9.39. The first kappa shape index (κ1) is 18.1. The maximum atomic E-state index is 12.5. The van der Waals surface area contributed by atoms with Crippen molar-refractivity contribution in [2.75, 3.05) is 19.6 Å². The highest BCUT2D eigenvalue weighted by Gasteiger charge is 2.29. The minimum Gasteiger partial charge on any atom is -0.352 e. The van der Waals surface area contributed by atoms with Gasteiger partial charge < -0.3 is 10.2 Å². The van der Waals surface area contributed by atoms with Crippen LogP contribution in [0.15, 0.2) is 42.9 Å². The Kier molecular flexibility index (Phi) is 5.01. The van der Waals surface area contributed by atoms with Crippen LogP contribution in [-0.4, -0.2) is 55.9 Å². The Morgan fingerprint density at radius 1 is 1.25 bits per heavy atom. The number of likely N-dealkylation sites (tertiary alicyclic amines) is 1. The van der Waals surface area contributed by atoms with Crippen LogP contribution in [0, 0.1) is 0 Å². The maximum Gasteiger partial charge on any atom is 0.252 e. The topological polar surface area (TPSA) is 92.5 Å². The second-order valence-electron chi connectivity index (χ2n) is 7.02. The number of hydrogen-bond acceptors (Lipinski definition) is 5. The van der Waals surface area contributed by atoms with E-state index in [9.17, 15) is 9.59 Å². The van der Waals surface area contributed by atoms with Gasteiger partial charge in [0.05, 0.1) is 5.56 Å². The van der Waals surface area contributed by atoms with E-state index in [0.717, 1.165) is 30.8 Å². The molecule has 8 heteroatoms. The summed E-state index contributed by atoms with van der Waals surface area (Å²) in [5.74, 6) is 0.860. The molecule has 1 fully saturated rings. The summed E-state index contributed by atoms with van der Waals surface area (Å²) in [6.07, 6.45) is 6.88. The standard InChI is InChI=1S/C20H22N6O2/c1-14(27)25-10-7-16(12-25)19-24-23-18-5-4-17(13-26(18)19)20(28)22-9-6-15-3-2-8-21-11-15/h2-5,8,11,13,16H,6-7,9-10,12H2,1H3,(H,22,28). The van der Waals surface area contributed by atoms with Crippen molar-refractivity contribution in [3.8, 4) is 0 Å². The van der Waals surface area contributed by atoms with E-state index < -0.39 is 0 Å². The average molecular weight is 378 g/mol. The number of pyridine rings is 2. The molecule has 0 spiro atoms. The van der Waals surface area contributed by atoms with Crippen molar-refractivity contribution in [1.29, 1.82) is 0 Å². The molecule has 3 aromatic heterocycles. The first-order chi connectivity index (χ1) is 13.6. The molecule has 1 unspecified atom stereocenters. The predicted molar refractivity (Wildman–Crippen MR) is 103 cm³/mol. The van der Waals surface area contributed by atoms with Crippen molar-refractivity contribution in [2.24, 2.45) is 0 Å². The van der Waals surface area contributed by atoms with Crippen molar-refractivity contribution in [2.45, 2.75) is 25.7 Å². The number of nitrogens with zero attached hydrogens (tertiary/aromatic N) is 5. The lowest BCUT2D eigenvalue weighted by molar-refractivity contribution is -0.127. The second kappa shape index (κ2) is 7.75. The van der Waals surface area contributed by atoms with Crippen molar-refractivity contribution in [3.05, 3.63) is 59.8 Å². The molecular formula is C20H22N6O2. The number of amides is 2. The summed E-state index contributed by atoms with van der Waals surface area (Å²) in [6, 6.07) is 7.42. The number of nitrogens with one attached hydrogen (secondary N) is 1. The Bertz CT molecular complexity index is 1000. The summed E-state index contributed by atoms with van der Waals surface area (Å²) in [4.78, 5) is 30.0. The second-order valence-corrected chi connectivity index (χ2v) is 7.02. The molecule has 0 aliphatic carbocycles. The van der Waals surface area contributed by atoms with Crippen LogP contribution in [0.3, 0.4) is 0 Å². The Balaban J connectivity index is 1.46. The zero-order valence-corrected chi connectivity index (χ0v) is 15.7. The minimum absolute atomic E-state index is 0.0741. The third-order valence-corrected chi connectivity index (χ3v) is 5.11. The smallest absolute Gasteiger partial charge is 0.252 e.